The lowest BCUT2D eigenvalue weighted by Crippen LogP contribution is -1.89. The van der Waals surface area contributed by atoms with Crippen LogP contribution in [0.25, 0.3) is 6.08 Å². The van der Waals surface area contributed by atoms with Crippen molar-refractivity contribution in [3.8, 4) is 0 Å². The first-order chi connectivity index (χ1) is 6.59. The first-order valence-electron chi connectivity index (χ1n) is 3.93. The third-order valence-corrected chi connectivity index (χ3v) is 2.13. The predicted octanol–water partition coefficient (Wildman–Crippen LogP) is 3.48. The summed E-state index contributed by atoms with van der Waals surface area (Å²) in [6, 6.07) is 5.03. The zero-order valence-corrected chi connectivity index (χ0v) is 8.72. The average molecular weight is 231 g/mol. The molecule has 0 radical (unpaired) electrons. The Labute approximate surface area is 91.8 Å². The van der Waals surface area contributed by atoms with E-state index >= 15 is 0 Å². The number of aliphatic carboxylic acids is 1. The van der Waals surface area contributed by atoms with Crippen molar-refractivity contribution >= 4 is 35.2 Å². The Morgan fingerprint density at radius 3 is 2.79 bits per heavy atom. The highest BCUT2D eigenvalue weighted by atomic mass is 35.5. The van der Waals surface area contributed by atoms with E-state index in [4.69, 9.17) is 28.3 Å². The molecule has 4 heteroatoms. The Morgan fingerprint density at radius 2 is 2.14 bits per heavy atom. The molecule has 0 atom stereocenters. The molecule has 14 heavy (non-hydrogen) atoms. The summed E-state index contributed by atoms with van der Waals surface area (Å²) < 4.78 is 0. The number of carboxylic acids is 1. The molecule has 0 spiro atoms. The van der Waals surface area contributed by atoms with Gasteiger partial charge in [-0.25, -0.2) is 0 Å². The molecule has 0 fully saturated rings. The van der Waals surface area contributed by atoms with Gasteiger partial charge in [0, 0.05) is 10.0 Å². The molecule has 0 saturated heterocycles. The van der Waals surface area contributed by atoms with Gasteiger partial charge in [0.15, 0.2) is 0 Å². The van der Waals surface area contributed by atoms with Crippen molar-refractivity contribution in [1.82, 2.24) is 0 Å². The minimum Gasteiger partial charge on any atom is -0.481 e. The summed E-state index contributed by atoms with van der Waals surface area (Å²) in [6.07, 6.45) is 3.14. The SMILES string of the molecule is O=C(O)CC=Cc1cc(Cl)ccc1Cl. The molecule has 0 aliphatic rings. The van der Waals surface area contributed by atoms with E-state index in [9.17, 15) is 4.79 Å². The van der Waals surface area contributed by atoms with Crippen LogP contribution in [0.4, 0.5) is 0 Å². The number of hydrogen-bond acceptors (Lipinski definition) is 1. The van der Waals surface area contributed by atoms with Crippen LogP contribution in [0.1, 0.15) is 12.0 Å². The molecule has 0 heterocycles. The molecular weight excluding hydrogens is 223 g/mol. The Bertz CT molecular complexity index is 372. The zero-order valence-electron chi connectivity index (χ0n) is 7.21. The van der Waals surface area contributed by atoms with Crippen LogP contribution in [-0.4, -0.2) is 11.1 Å². The van der Waals surface area contributed by atoms with Crippen LogP contribution >= 0.6 is 23.2 Å². The molecule has 0 aliphatic heterocycles. The number of benzene rings is 1. The molecule has 0 amide bonds. The molecule has 0 aliphatic carbocycles. The quantitative estimate of drug-likeness (QED) is 0.864. The van der Waals surface area contributed by atoms with Crippen LogP contribution < -0.4 is 0 Å². The average Bonchev–Trinajstić information content (AvgIpc) is 2.10. The maximum absolute atomic E-state index is 10.2. The molecule has 74 valence electrons. The monoisotopic (exact) mass is 230 g/mol. The summed E-state index contributed by atoms with van der Waals surface area (Å²) in [5.41, 5.74) is 0.723. The Morgan fingerprint density at radius 1 is 1.43 bits per heavy atom. The lowest BCUT2D eigenvalue weighted by molar-refractivity contribution is -0.135. The smallest absolute Gasteiger partial charge is 0.307 e. The number of halogens is 2. The molecule has 2 nitrogen and oxygen atoms in total. The topological polar surface area (TPSA) is 37.3 Å². The van der Waals surface area contributed by atoms with E-state index in [1.54, 1.807) is 24.3 Å². The van der Waals surface area contributed by atoms with Gasteiger partial charge in [-0.1, -0.05) is 35.4 Å². The fraction of sp³-hybridized carbons (Fsp3) is 0.100. The van der Waals surface area contributed by atoms with Gasteiger partial charge in [-0.15, -0.1) is 0 Å². The lowest BCUT2D eigenvalue weighted by Gasteiger charge is -1.97. The van der Waals surface area contributed by atoms with Crippen molar-refractivity contribution in [2.45, 2.75) is 6.42 Å². The fourth-order valence-electron chi connectivity index (χ4n) is 0.929. The van der Waals surface area contributed by atoms with Crippen LogP contribution in [-0.2, 0) is 4.79 Å². The second-order valence-electron chi connectivity index (χ2n) is 2.67. The van der Waals surface area contributed by atoms with E-state index in [-0.39, 0.29) is 6.42 Å². The van der Waals surface area contributed by atoms with Gasteiger partial charge in [0.2, 0.25) is 0 Å². The molecular formula is C10H8Cl2O2. The summed E-state index contributed by atoms with van der Waals surface area (Å²) in [5, 5.41) is 9.53. The second-order valence-corrected chi connectivity index (χ2v) is 3.51. The van der Waals surface area contributed by atoms with Crippen molar-refractivity contribution in [1.29, 1.82) is 0 Å². The van der Waals surface area contributed by atoms with Crippen molar-refractivity contribution in [2.75, 3.05) is 0 Å². The van der Waals surface area contributed by atoms with E-state index in [2.05, 4.69) is 0 Å². The van der Waals surface area contributed by atoms with Crippen LogP contribution in [0.15, 0.2) is 24.3 Å². The minimum atomic E-state index is -0.876. The molecule has 1 aromatic carbocycles. The van der Waals surface area contributed by atoms with Gasteiger partial charge in [-0.2, -0.15) is 0 Å². The molecule has 0 aromatic heterocycles. The Hall–Kier alpha value is -0.990. The van der Waals surface area contributed by atoms with E-state index in [1.165, 1.54) is 6.08 Å². The van der Waals surface area contributed by atoms with Gasteiger partial charge in [-0.3, -0.25) is 4.79 Å². The normalized spacial score (nSPS) is 10.7. The standard InChI is InChI=1S/C10H8Cl2O2/c11-8-4-5-9(12)7(6-8)2-1-3-10(13)14/h1-2,4-6H,3H2,(H,13,14). The summed E-state index contributed by atoms with van der Waals surface area (Å²) in [4.78, 5) is 10.2. The summed E-state index contributed by atoms with van der Waals surface area (Å²) in [6.45, 7) is 0. The third-order valence-electron chi connectivity index (χ3n) is 1.55. The van der Waals surface area contributed by atoms with Gasteiger partial charge in [0.05, 0.1) is 6.42 Å². The molecule has 1 rings (SSSR count). The number of rotatable bonds is 3. The lowest BCUT2D eigenvalue weighted by atomic mass is 10.2. The Kier molecular flexibility index (Phi) is 3.98. The highest BCUT2D eigenvalue weighted by molar-refractivity contribution is 6.34. The van der Waals surface area contributed by atoms with Gasteiger partial charge in [0.25, 0.3) is 0 Å². The molecule has 0 unspecified atom stereocenters. The maximum Gasteiger partial charge on any atom is 0.307 e. The van der Waals surface area contributed by atoms with E-state index in [0.29, 0.717) is 10.0 Å². The van der Waals surface area contributed by atoms with Crippen molar-refractivity contribution < 1.29 is 9.90 Å². The largest absolute Gasteiger partial charge is 0.481 e. The van der Waals surface area contributed by atoms with Crippen molar-refractivity contribution in [2.24, 2.45) is 0 Å². The van der Waals surface area contributed by atoms with E-state index in [1.807, 2.05) is 0 Å². The number of carboxylic acid groups (broad SMARTS) is 1. The van der Waals surface area contributed by atoms with Gasteiger partial charge in [-0.05, 0) is 23.8 Å². The second kappa shape index (κ2) is 5.03. The fourth-order valence-corrected chi connectivity index (χ4v) is 1.29. The first-order valence-corrected chi connectivity index (χ1v) is 4.68. The van der Waals surface area contributed by atoms with Gasteiger partial charge >= 0.3 is 5.97 Å². The van der Waals surface area contributed by atoms with E-state index < -0.39 is 5.97 Å². The first kappa shape index (κ1) is 11.1. The summed E-state index contributed by atoms with van der Waals surface area (Å²) in [5.74, 6) is -0.876. The van der Waals surface area contributed by atoms with Crippen LogP contribution in [0.3, 0.4) is 0 Å². The zero-order chi connectivity index (χ0) is 10.6. The molecule has 0 bridgehead atoms. The highest BCUT2D eigenvalue weighted by Gasteiger charge is 1.97. The third kappa shape index (κ3) is 3.40. The van der Waals surface area contributed by atoms with Gasteiger partial charge < -0.3 is 5.11 Å². The van der Waals surface area contributed by atoms with Crippen LogP contribution in [0.5, 0.6) is 0 Å². The maximum atomic E-state index is 10.2. The predicted molar refractivity (Wildman–Crippen MR) is 57.7 cm³/mol. The van der Waals surface area contributed by atoms with Crippen molar-refractivity contribution in [3.05, 3.63) is 39.9 Å². The van der Waals surface area contributed by atoms with E-state index in [0.717, 1.165) is 5.56 Å². The Balaban J connectivity index is 2.80. The summed E-state index contributed by atoms with van der Waals surface area (Å²) in [7, 11) is 0. The molecule has 0 saturated carbocycles. The number of carbonyl (C=O) groups is 1. The minimum absolute atomic E-state index is 0.0250. The van der Waals surface area contributed by atoms with Crippen molar-refractivity contribution in [3.63, 3.8) is 0 Å². The molecule has 1 N–H and O–H groups in total. The number of hydrogen-bond donors (Lipinski definition) is 1. The summed E-state index contributed by atoms with van der Waals surface area (Å²) >= 11 is 11.6. The highest BCUT2D eigenvalue weighted by Crippen LogP contribution is 2.21. The van der Waals surface area contributed by atoms with Crippen LogP contribution in [0.2, 0.25) is 10.0 Å². The van der Waals surface area contributed by atoms with Crippen LogP contribution in [0, 0.1) is 0 Å². The van der Waals surface area contributed by atoms with Gasteiger partial charge in [0.1, 0.15) is 0 Å². The molecule has 1 aromatic rings.